The Bertz CT molecular complexity index is 451. The van der Waals surface area contributed by atoms with Gasteiger partial charge in [-0.1, -0.05) is 11.6 Å². The zero-order valence-electron chi connectivity index (χ0n) is 11.3. The molecule has 1 fully saturated rings. The average Bonchev–Trinajstić information content (AvgIpc) is 2.77. The second-order valence-corrected chi connectivity index (χ2v) is 5.36. The van der Waals surface area contributed by atoms with Crippen LogP contribution in [0.2, 0.25) is 5.02 Å². The van der Waals surface area contributed by atoms with Crippen molar-refractivity contribution in [2.75, 3.05) is 26.7 Å². The van der Waals surface area contributed by atoms with Crippen molar-refractivity contribution in [3.05, 3.63) is 34.3 Å². The first-order chi connectivity index (χ1) is 8.61. The van der Waals surface area contributed by atoms with Crippen LogP contribution in [0.1, 0.15) is 22.3 Å². The lowest BCUT2D eigenvalue weighted by Crippen LogP contribution is -2.30. The lowest BCUT2D eigenvalue weighted by molar-refractivity contribution is 0.0786. The molecule has 0 bridgehead atoms. The fourth-order valence-corrected chi connectivity index (χ4v) is 2.74. The van der Waals surface area contributed by atoms with Crippen molar-refractivity contribution in [2.45, 2.75) is 13.3 Å². The Hall–Kier alpha value is -0.770. The maximum Gasteiger partial charge on any atom is 0.254 e. The number of rotatable bonds is 3. The molecule has 106 valence electrons. The number of nitrogens with one attached hydrogen (secondary N) is 1. The third kappa shape index (κ3) is 3.85. The third-order valence-electron chi connectivity index (χ3n) is 3.48. The lowest BCUT2D eigenvalue weighted by atomic mass is 10.1. The van der Waals surface area contributed by atoms with Crippen LogP contribution in [-0.2, 0) is 0 Å². The molecule has 1 amide bonds. The number of hydrogen-bond donors (Lipinski definition) is 1. The Balaban J connectivity index is 0.00000180. The van der Waals surface area contributed by atoms with E-state index in [1.165, 1.54) is 0 Å². The van der Waals surface area contributed by atoms with Gasteiger partial charge in [0.1, 0.15) is 0 Å². The summed E-state index contributed by atoms with van der Waals surface area (Å²) in [6.45, 7) is 4.61. The Kier molecular flexibility index (Phi) is 6.11. The molecule has 5 heteroatoms. The van der Waals surface area contributed by atoms with Gasteiger partial charge in [0.25, 0.3) is 5.91 Å². The molecule has 1 saturated heterocycles. The van der Waals surface area contributed by atoms with E-state index in [1.54, 1.807) is 6.07 Å². The molecular formula is C14H20Cl2N2O. The predicted octanol–water partition coefficient (Wildman–Crippen LogP) is 2.75. The third-order valence-corrected chi connectivity index (χ3v) is 3.72. The number of hydrogen-bond acceptors (Lipinski definition) is 2. The molecule has 1 aliphatic heterocycles. The van der Waals surface area contributed by atoms with E-state index in [4.69, 9.17) is 11.6 Å². The number of aryl methyl sites for hydroxylation is 1. The van der Waals surface area contributed by atoms with Crippen molar-refractivity contribution < 1.29 is 4.79 Å². The largest absolute Gasteiger partial charge is 0.338 e. The first kappa shape index (κ1) is 16.3. The minimum atomic E-state index is 0. The standard InChI is InChI=1S/C14H19ClN2O.ClH/c1-10-7-12(15)3-4-13(10)14(18)17-6-5-11(9-17)8-16-2;/h3-4,7,11,16H,5-6,8-9H2,1-2H3;1H. The van der Waals surface area contributed by atoms with Crippen molar-refractivity contribution in [2.24, 2.45) is 5.92 Å². The highest BCUT2D eigenvalue weighted by molar-refractivity contribution is 6.30. The van der Waals surface area contributed by atoms with Crippen LogP contribution in [0.3, 0.4) is 0 Å². The van der Waals surface area contributed by atoms with Crippen LogP contribution >= 0.6 is 24.0 Å². The minimum absolute atomic E-state index is 0. The lowest BCUT2D eigenvalue weighted by Gasteiger charge is -2.18. The van der Waals surface area contributed by atoms with Gasteiger partial charge >= 0.3 is 0 Å². The first-order valence-electron chi connectivity index (χ1n) is 6.32. The van der Waals surface area contributed by atoms with Crippen molar-refractivity contribution in [1.82, 2.24) is 10.2 Å². The smallest absolute Gasteiger partial charge is 0.254 e. The maximum absolute atomic E-state index is 12.4. The van der Waals surface area contributed by atoms with Gasteiger partial charge in [0.2, 0.25) is 0 Å². The SMILES string of the molecule is CNCC1CCN(C(=O)c2ccc(Cl)cc2C)C1.Cl. The van der Waals surface area contributed by atoms with Gasteiger partial charge < -0.3 is 10.2 Å². The summed E-state index contributed by atoms with van der Waals surface area (Å²) in [5.41, 5.74) is 1.72. The molecule has 0 spiro atoms. The number of carbonyl (C=O) groups excluding carboxylic acids is 1. The average molecular weight is 303 g/mol. The summed E-state index contributed by atoms with van der Waals surface area (Å²) in [4.78, 5) is 14.3. The summed E-state index contributed by atoms with van der Waals surface area (Å²) in [5.74, 6) is 0.703. The zero-order valence-corrected chi connectivity index (χ0v) is 12.9. The van der Waals surface area contributed by atoms with E-state index in [9.17, 15) is 4.79 Å². The normalized spacial score (nSPS) is 18.3. The molecule has 2 rings (SSSR count). The first-order valence-corrected chi connectivity index (χ1v) is 6.69. The van der Waals surface area contributed by atoms with Gasteiger partial charge in [-0.25, -0.2) is 0 Å². The molecule has 0 aromatic heterocycles. The fourth-order valence-electron chi connectivity index (χ4n) is 2.51. The highest BCUT2D eigenvalue weighted by atomic mass is 35.5. The highest BCUT2D eigenvalue weighted by Gasteiger charge is 2.27. The van der Waals surface area contributed by atoms with Gasteiger partial charge in [0.15, 0.2) is 0 Å². The van der Waals surface area contributed by atoms with Crippen LogP contribution in [0, 0.1) is 12.8 Å². The molecule has 0 aliphatic carbocycles. The summed E-state index contributed by atoms with van der Waals surface area (Å²) in [6.07, 6.45) is 1.08. The summed E-state index contributed by atoms with van der Waals surface area (Å²) in [6, 6.07) is 5.45. The zero-order chi connectivity index (χ0) is 13.1. The van der Waals surface area contributed by atoms with Gasteiger partial charge in [-0.15, -0.1) is 12.4 Å². The van der Waals surface area contributed by atoms with E-state index in [0.717, 1.165) is 37.2 Å². The van der Waals surface area contributed by atoms with Crippen molar-refractivity contribution >= 4 is 29.9 Å². The molecule has 1 heterocycles. The number of carbonyl (C=O) groups is 1. The number of halogens is 2. The molecule has 1 unspecified atom stereocenters. The summed E-state index contributed by atoms with van der Waals surface area (Å²) in [5, 5.41) is 3.85. The summed E-state index contributed by atoms with van der Waals surface area (Å²) in [7, 11) is 1.95. The molecule has 3 nitrogen and oxygen atoms in total. The second kappa shape index (κ2) is 7.13. The Labute approximate surface area is 125 Å². The molecule has 0 radical (unpaired) electrons. The summed E-state index contributed by atoms with van der Waals surface area (Å²) >= 11 is 5.91. The Morgan fingerprint density at radius 2 is 2.26 bits per heavy atom. The van der Waals surface area contributed by atoms with E-state index >= 15 is 0 Å². The van der Waals surface area contributed by atoms with Crippen LogP contribution in [0.5, 0.6) is 0 Å². The second-order valence-electron chi connectivity index (χ2n) is 4.92. The fraction of sp³-hybridized carbons (Fsp3) is 0.500. The van der Waals surface area contributed by atoms with Gasteiger partial charge in [-0.3, -0.25) is 4.79 Å². The predicted molar refractivity (Wildman–Crippen MR) is 81.4 cm³/mol. The molecular weight excluding hydrogens is 283 g/mol. The van der Waals surface area contributed by atoms with E-state index in [1.807, 2.05) is 31.0 Å². The molecule has 19 heavy (non-hydrogen) atoms. The van der Waals surface area contributed by atoms with E-state index in [2.05, 4.69) is 5.32 Å². The van der Waals surface area contributed by atoms with Gasteiger partial charge in [0.05, 0.1) is 0 Å². The van der Waals surface area contributed by atoms with E-state index in [0.29, 0.717) is 10.9 Å². The number of likely N-dealkylation sites (tertiary alicyclic amines) is 1. The molecule has 1 N–H and O–H groups in total. The molecule has 1 aromatic rings. The van der Waals surface area contributed by atoms with Crippen molar-refractivity contribution in [3.63, 3.8) is 0 Å². The Morgan fingerprint density at radius 1 is 1.53 bits per heavy atom. The van der Waals surface area contributed by atoms with E-state index < -0.39 is 0 Å². The van der Waals surface area contributed by atoms with Crippen LogP contribution in [-0.4, -0.2) is 37.5 Å². The summed E-state index contributed by atoms with van der Waals surface area (Å²) < 4.78 is 0. The number of benzene rings is 1. The monoisotopic (exact) mass is 302 g/mol. The van der Waals surface area contributed by atoms with E-state index in [-0.39, 0.29) is 18.3 Å². The van der Waals surface area contributed by atoms with Crippen molar-refractivity contribution in [3.8, 4) is 0 Å². The van der Waals surface area contributed by atoms with Crippen LogP contribution in [0.25, 0.3) is 0 Å². The molecule has 1 atom stereocenters. The highest BCUT2D eigenvalue weighted by Crippen LogP contribution is 2.21. The van der Waals surface area contributed by atoms with Gasteiger partial charge in [-0.2, -0.15) is 0 Å². The van der Waals surface area contributed by atoms with Gasteiger partial charge in [0, 0.05) is 23.7 Å². The van der Waals surface area contributed by atoms with Crippen LogP contribution < -0.4 is 5.32 Å². The minimum Gasteiger partial charge on any atom is -0.338 e. The van der Waals surface area contributed by atoms with Crippen LogP contribution in [0.15, 0.2) is 18.2 Å². The van der Waals surface area contributed by atoms with Crippen molar-refractivity contribution in [1.29, 1.82) is 0 Å². The number of nitrogens with zero attached hydrogens (tertiary/aromatic N) is 1. The molecule has 0 saturated carbocycles. The topological polar surface area (TPSA) is 32.3 Å². The van der Waals surface area contributed by atoms with Crippen LogP contribution in [0.4, 0.5) is 0 Å². The quantitative estimate of drug-likeness (QED) is 0.931. The Morgan fingerprint density at radius 3 is 2.89 bits per heavy atom. The molecule has 1 aromatic carbocycles. The number of amides is 1. The maximum atomic E-state index is 12.4. The molecule has 1 aliphatic rings. The van der Waals surface area contributed by atoms with Gasteiger partial charge in [-0.05, 0) is 56.6 Å².